The molecule has 1 aliphatic heterocycles. The van der Waals surface area contributed by atoms with Crippen LogP contribution in [0.2, 0.25) is 5.02 Å². The van der Waals surface area contributed by atoms with Crippen LogP contribution < -0.4 is 20.9 Å². The summed E-state index contributed by atoms with van der Waals surface area (Å²) in [6.07, 6.45) is -5.90. The first-order valence-corrected chi connectivity index (χ1v) is 10.8. The Morgan fingerprint density at radius 2 is 1.84 bits per heavy atom. The van der Waals surface area contributed by atoms with E-state index in [0.29, 0.717) is 10.3 Å². The zero-order valence-corrected chi connectivity index (χ0v) is 19.8. The molecule has 3 aromatic rings. The number of benzene rings is 2. The molecule has 2 aromatic carbocycles. The summed E-state index contributed by atoms with van der Waals surface area (Å²) in [7, 11) is 1.44. The van der Waals surface area contributed by atoms with Gasteiger partial charge in [0.15, 0.2) is 5.60 Å². The van der Waals surface area contributed by atoms with E-state index in [1.54, 1.807) is 0 Å². The number of nitrogens with zero attached hydrogens (tertiary/aromatic N) is 3. The second-order valence-corrected chi connectivity index (χ2v) is 8.70. The molecule has 0 spiro atoms. The molecule has 4 rings (SSSR count). The van der Waals surface area contributed by atoms with Crippen LogP contribution in [0.4, 0.5) is 23.7 Å². The van der Waals surface area contributed by atoms with Crippen molar-refractivity contribution in [2.24, 2.45) is 0 Å². The first kappa shape index (κ1) is 26.0. The first-order valence-electron chi connectivity index (χ1n) is 10.4. The standard InChI is InChI=1S/C23H17ClF3N3O7/c1-22(36)14-8-12(6-7-15(14)28(2)19(22)32)29-10-16(37-21(34)35)18(31)30(20(29)33)9-11-4-3-5-13(17(11)24)23(25,26)27/h3-8,10,36H,9H2,1-2H3,(H,34,35). The molecular formula is C23H17ClF3N3O7. The number of likely N-dealkylation sites (N-methyl/N-ethyl adjacent to an activating group) is 1. The maximum Gasteiger partial charge on any atom is 0.511 e. The maximum absolute atomic E-state index is 13.3. The van der Waals surface area contributed by atoms with Crippen molar-refractivity contribution in [3.05, 3.63) is 85.1 Å². The molecule has 194 valence electrons. The first-order chi connectivity index (χ1) is 17.1. The fourth-order valence-electron chi connectivity index (χ4n) is 4.06. The Morgan fingerprint density at radius 1 is 1.16 bits per heavy atom. The summed E-state index contributed by atoms with van der Waals surface area (Å²) in [5.74, 6) is -1.46. The summed E-state index contributed by atoms with van der Waals surface area (Å²) in [4.78, 5) is 51.0. The normalized spacial score (nSPS) is 17.2. The largest absolute Gasteiger partial charge is 0.511 e. The molecule has 0 bridgehead atoms. The Labute approximate surface area is 210 Å². The molecular weight excluding hydrogens is 523 g/mol. The quantitative estimate of drug-likeness (QED) is 0.487. The number of carbonyl (C=O) groups is 2. The second-order valence-electron chi connectivity index (χ2n) is 8.32. The van der Waals surface area contributed by atoms with Crippen molar-refractivity contribution in [1.29, 1.82) is 0 Å². The van der Waals surface area contributed by atoms with E-state index in [0.717, 1.165) is 22.9 Å². The highest BCUT2D eigenvalue weighted by Crippen LogP contribution is 2.40. The molecule has 1 unspecified atom stereocenters. The van der Waals surface area contributed by atoms with Gasteiger partial charge in [-0.15, -0.1) is 0 Å². The molecule has 2 heterocycles. The number of alkyl halides is 3. The highest BCUT2D eigenvalue weighted by Gasteiger charge is 2.44. The van der Waals surface area contributed by atoms with Crippen molar-refractivity contribution < 1.29 is 37.7 Å². The van der Waals surface area contributed by atoms with Gasteiger partial charge in [-0.25, -0.2) is 9.59 Å². The van der Waals surface area contributed by atoms with Gasteiger partial charge in [0.2, 0.25) is 5.75 Å². The van der Waals surface area contributed by atoms with E-state index in [2.05, 4.69) is 4.74 Å². The second kappa shape index (κ2) is 8.78. The lowest BCUT2D eigenvalue weighted by molar-refractivity contribution is -0.137. The van der Waals surface area contributed by atoms with Crippen molar-refractivity contribution >= 4 is 29.4 Å². The number of hydrogen-bond donors (Lipinski definition) is 2. The smallest absolute Gasteiger partial charge is 0.449 e. The van der Waals surface area contributed by atoms with Crippen LogP contribution in [0.25, 0.3) is 5.69 Å². The van der Waals surface area contributed by atoms with E-state index in [9.17, 15) is 37.5 Å². The number of fused-ring (bicyclic) bond motifs is 1. The van der Waals surface area contributed by atoms with Gasteiger partial charge in [0.25, 0.3) is 11.5 Å². The van der Waals surface area contributed by atoms with Gasteiger partial charge >= 0.3 is 18.0 Å². The number of aromatic nitrogens is 2. The molecule has 0 aliphatic carbocycles. The highest BCUT2D eigenvalue weighted by molar-refractivity contribution is 6.32. The van der Waals surface area contributed by atoms with Gasteiger partial charge in [-0.2, -0.15) is 13.2 Å². The van der Waals surface area contributed by atoms with E-state index in [1.165, 1.54) is 43.1 Å². The third kappa shape index (κ3) is 4.36. The highest BCUT2D eigenvalue weighted by atomic mass is 35.5. The molecule has 14 heteroatoms. The summed E-state index contributed by atoms with van der Waals surface area (Å²) in [6, 6.07) is 7.02. The summed E-state index contributed by atoms with van der Waals surface area (Å²) < 4.78 is 45.7. The van der Waals surface area contributed by atoms with E-state index in [4.69, 9.17) is 16.7 Å². The number of aliphatic hydroxyl groups is 1. The third-order valence-electron chi connectivity index (χ3n) is 5.91. The predicted molar refractivity (Wildman–Crippen MR) is 123 cm³/mol. The number of hydrogen-bond acceptors (Lipinski definition) is 6. The zero-order valence-electron chi connectivity index (χ0n) is 19.0. The predicted octanol–water partition coefficient (Wildman–Crippen LogP) is 2.96. The monoisotopic (exact) mass is 539 g/mol. The summed E-state index contributed by atoms with van der Waals surface area (Å²) in [5, 5.41) is 19.0. The Kier molecular flexibility index (Phi) is 6.16. The fourth-order valence-corrected chi connectivity index (χ4v) is 4.36. The zero-order chi connectivity index (χ0) is 27.4. The average molecular weight is 540 g/mol. The molecule has 37 heavy (non-hydrogen) atoms. The topological polar surface area (TPSA) is 131 Å². The van der Waals surface area contributed by atoms with Crippen LogP contribution >= 0.6 is 11.6 Å². The number of halogens is 4. The lowest BCUT2D eigenvalue weighted by atomic mass is 9.97. The van der Waals surface area contributed by atoms with Crippen LogP contribution in [0.5, 0.6) is 5.75 Å². The SMILES string of the molecule is CN1C(=O)C(C)(O)c2cc(-n3cc(OC(=O)O)c(=O)n(Cc4cccc(C(F)(F)F)c4Cl)c3=O)ccc21. The lowest BCUT2D eigenvalue weighted by Crippen LogP contribution is -2.40. The molecule has 0 radical (unpaired) electrons. The summed E-state index contributed by atoms with van der Waals surface area (Å²) in [5.41, 5.74) is -5.20. The van der Waals surface area contributed by atoms with Crippen LogP contribution in [0.15, 0.2) is 52.2 Å². The van der Waals surface area contributed by atoms with Crippen molar-refractivity contribution in [2.45, 2.75) is 25.2 Å². The molecule has 2 N–H and O–H groups in total. The van der Waals surface area contributed by atoms with Crippen molar-refractivity contribution in [3.63, 3.8) is 0 Å². The number of carboxylic acid groups (broad SMARTS) is 1. The Bertz CT molecular complexity index is 1580. The number of rotatable bonds is 4. The molecule has 1 amide bonds. The number of ether oxygens (including phenoxy) is 1. The van der Waals surface area contributed by atoms with Gasteiger partial charge in [-0.1, -0.05) is 23.7 Å². The summed E-state index contributed by atoms with van der Waals surface area (Å²) in [6.45, 7) is 0.501. The van der Waals surface area contributed by atoms with Gasteiger partial charge in [-0.3, -0.25) is 18.7 Å². The van der Waals surface area contributed by atoms with Crippen molar-refractivity contribution in [3.8, 4) is 11.4 Å². The van der Waals surface area contributed by atoms with Crippen LogP contribution in [0.3, 0.4) is 0 Å². The van der Waals surface area contributed by atoms with Gasteiger partial charge in [-0.05, 0) is 36.8 Å². The molecule has 10 nitrogen and oxygen atoms in total. The molecule has 1 atom stereocenters. The minimum Gasteiger partial charge on any atom is -0.449 e. The molecule has 0 saturated heterocycles. The lowest BCUT2D eigenvalue weighted by Gasteiger charge is -2.17. The van der Waals surface area contributed by atoms with Gasteiger partial charge in [0.05, 0.1) is 34.7 Å². The molecule has 1 aliphatic rings. The molecule has 1 aromatic heterocycles. The van der Waals surface area contributed by atoms with Gasteiger partial charge in [0.1, 0.15) is 0 Å². The summed E-state index contributed by atoms with van der Waals surface area (Å²) >= 11 is 5.92. The minimum absolute atomic E-state index is 0.00579. The van der Waals surface area contributed by atoms with Crippen LogP contribution in [0, 0.1) is 0 Å². The van der Waals surface area contributed by atoms with Crippen LogP contribution in [-0.4, -0.2) is 38.5 Å². The van der Waals surface area contributed by atoms with E-state index in [-0.39, 0.29) is 16.8 Å². The number of carbonyl (C=O) groups excluding carboxylic acids is 1. The number of anilines is 1. The maximum atomic E-state index is 13.3. The molecule has 0 fully saturated rings. The van der Waals surface area contributed by atoms with E-state index < -0.39 is 58.0 Å². The Hall–Kier alpha value is -4.10. The molecule has 0 saturated carbocycles. The van der Waals surface area contributed by atoms with Crippen molar-refractivity contribution in [2.75, 3.05) is 11.9 Å². The Morgan fingerprint density at radius 3 is 2.46 bits per heavy atom. The average Bonchev–Trinajstić information content (AvgIpc) is 2.98. The number of amides is 1. The van der Waals surface area contributed by atoms with E-state index in [1.807, 2.05) is 0 Å². The van der Waals surface area contributed by atoms with Crippen LogP contribution in [-0.2, 0) is 23.1 Å². The van der Waals surface area contributed by atoms with Crippen LogP contribution in [0.1, 0.15) is 23.6 Å². The minimum atomic E-state index is -4.81. The Balaban J connectivity index is 1.92. The third-order valence-corrected chi connectivity index (χ3v) is 6.36. The van der Waals surface area contributed by atoms with Gasteiger partial charge in [0, 0.05) is 12.6 Å². The van der Waals surface area contributed by atoms with Gasteiger partial charge < -0.3 is 19.8 Å². The van der Waals surface area contributed by atoms with Crippen molar-refractivity contribution in [1.82, 2.24) is 9.13 Å². The fraction of sp³-hybridized carbons (Fsp3) is 0.217. The van der Waals surface area contributed by atoms with E-state index >= 15 is 0 Å².